The maximum absolute atomic E-state index is 9.16. The van der Waals surface area contributed by atoms with E-state index in [9.17, 15) is 0 Å². The molecule has 0 radical (unpaired) electrons. The first-order valence-corrected chi connectivity index (χ1v) is 6.77. The van der Waals surface area contributed by atoms with Gasteiger partial charge < -0.3 is 10.1 Å². The van der Waals surface area contributed by atoms with Crippen LogP contribution in [0.15, 0.2) is 18.2 Å². The van der Waals surface area contributed by atoms with Crippen LogP contribution in [0.25, 0.3) is 0 Å². The smallest absolute Gasteiger partial charge is 0.101 e. The summed E-state index contributed by atoms with van der Waals surface area (Å²) in [6, 6.07) is 8.37. The molecule has 102 valence electrons. The third-order valence-corrected chi connectivity index (χ3v) is 3.42. The van der Waals surface area contributed by atoms with Crippen LogP contribution in [-0.4, -0.2) is 43.8 Å². The van der Waals surface area contributed by atoms with Crippen molar-refractivity contribution in [2.24, 2.45) is 0 Å². The van der Waals surface area contributed by atoms with Crippen molar-refractivity contribution in [2.45, 2.75) is 19.9 Å². The summed E-state index contributed by atoms with van der Waals surface area (Å²) in [5.41, 5.74) is 2.80. The summed E-state index contributed by atoms with van der Waals surface area (Å²) in [6.45, 7) is 8.78. The van der Waals surface area contributed by atoms with Gasteiger partial charge in [-0.15, -0.1) is 0 Å². The lowest BCUT2D eigenvalue weighted by Crippen LogP contribution is -2.42. The van der Waals surface area contributed by atoms with Gasteiger partial charge in [0.2, 0.25) is 0 Å². The molecule has 1 N–H and O–H groups in total. The molecule has 1 fully saturated rings. The van der Waals surface area contributed by atoms with Crippen molar-refractivity contribution in [3.8, 4) is 6.07 Å². The zero-order chi connectivity index (χ0) is 13.7. The van der Waals surface area contributed by atoms with E-state index in [0.717, 1.165) is 44.1 Å². The first kappa shape index (κ1) is 13.9. The monoisotopic (exact) mass is 259 g/mol. The molecule has 1 atom stereocenters. The minimum Gasteiger partial charge on any atom is -0.380 e. The Hall–Kier alpha value is -1.57. The number of ether oxygens (including phenoxy) is 1. The number of morpholine rings is 1. The molecule has 1 saturated heterocycles. The van der Waals surface area contributed by atoms with E-state index < -0.39 is 0 Å². The van der Waals surface area contributed by atoms with Crippen LogP contribution in [-0.2, 0) is 4.74 Å². The Balaban J connectivity index is 1.98. The lowest BCUT2D eigenvalue weighted by molar-refractivity contribution is 0.0368. The van der Waals surface area contributed by atoms with Gasteiger partial charge in [-0.3, -0.25) is 4.90 Å². The van der Waals surface area contributed by atoms with Gasteiger partial charge in [0.1, 0.15) is 6.07 Å². The van der Waals surface area contributed by atoms with Crippen LogP contribution in [0.1, 0.15) is 18.1 Å². The molecule has 2 rings (SSSR count). The van der Waals surface area contributed by atoms with Crippen molar-refractivity contribution in [1.82, 2.24) is 4.90 Å². The van der Waals surface area contributed by atoms with Gasteiger partial charge in [-0.05, 0) is 25.5 Å². The second-order valence-electron chi connectivity index (χ2n) is 5.07. The summed E-state index contributed by atoms with van der Waals surface area (Å²) in [5.74, 6) is 0. The van der Waals surface area contributed by atoms with E-state index >= 15 is 0 Å². The predicted molar refractivity (Wildman–Crippen MR) is 76.2 cm³/mol. The van der Waals surface area contributed by atoms with Gasteiger partial charge in [-0.25, -0.2) is 0 Å². The number of para-hydroxylation sites is 1. The van der Waals surface area contributed by atoms with Gasteiger partial charge in [-0.2, -0.15) is 5.26 Å². The fraction of sp³-hybridized carbons (Fsp3) is 0.533. The van der Waals surface area contributed by atoms with Gasteiger partial charge in [0.25, 0.3) is 0 Å². The van der Waals surface area contributed by atoms with Crippen LogP contribution >= 0.6 is 0 Å². The molecule has 4 nitrogen and oxygen atoms in total. The lowest BCUT2D eigenvalue weighted by atomic mass is 10.1. The molecule has 0 amide bonds. The molecular weight excluding hydrogens is 238 g/mol. The van der Waals surface area contributed by atoms with Crippen molar-refractivity contribution in [1.29, 1.82) is 5.26 Å². The summed E-state index contributed by atoms with van der Waals surface area (Å²) in [7, 11) is 0. The summed E-state index contributed by atoms with van der Waals surface area (Å²) in [6.07, 6.45) is 0. The van der Waals surface area contributed by atoms with Crippen molar-refractivity contribution in [3.05, 3.63) is 29.3 Å². The number of benzene rings is 1. The van der Waals surface area contributed by atoms with Crippen LogP contribution in [0, 0.1) is 18.3 Å². The standard InChI is InChI=1S/C15H21N3O/c1-12-4-3-5-14(10-16)15(12)17-13(2)11-18-6-8-19-9-7-18/h3-5,13,17H,6-9,11H2,1-2H3. The fourth-order valence-electron chi connectivity index (χ4n) is 2.42. The van der Waals surface area contributed by atoms with Gasteiger partial charge in [0.15, 0.2) is 0 Å². The Kier molecular flexibility index (Phi) is 4.78. The normalized spacial score (nSPS) is 17.7. The minimum absolute atomic E-state index is 0.311. The molecule has 1 aromatic rings. The number of nitriles is 1. The van der Waals surface area contributed by atoms with E-state index in [0.29, 0.717) is 11.6 Å². The number of nitrogens with zero attached hydrogens (tertiary/aromatic N) is 2. The molecule has 0 saturated carbocycles. The molecular formula is C15H21N3O. The van der Waals surface area contributed by atoms with E-state index in [1.165, 1.54) is 0 Å². The van der Waals surface area contributed by atoms with E-state index in [1.54, 1.807) is 0 Å². The largest absolute Gasteiger partial charge is 0.380 e. The first-order valence-electron chi connectivity index (χ1n) is 6.77. The van der Waals surface area contributed by atoms with Crippen molar-refractivity contribution in [2.75, 3.05) is 38.2 Å². The number of nitrogens with one attached hydrogen (secondary N) is 1. The van der Waals surface area contributed by atoms with Crippen LogP contribution in [0.4, 0.5) is 5.69 Å². The molecule has 0 spiro atoms. The van der Waals surface area contributed by atoms with Gasteiger partial charge in [0, 0.05) is 25.7 Å². The van der Waals surface area contributed by atoms with E-state index in [2.05, 4.69) is 23.2 Å². The molecule has 0 aromatic heterocycles. The Morgan fingerprint density at radius 2 is 2.16 bits per heavy atom. The molecule has 1 heterocycles. The summed E-state index contributed by atoms with van der Waals surface area (Å²) in [4.78, 5) is 2.39. The second-order valence-corrected chi connectivity index (χ2v) is 5.07. The van der Waals surface area contributed by atoms with Crippen molar-refractivity contribution < 1.29 is 4.74 Å². The summed E-state index contributed by atoms with van der Waals surface area (Å²) < 4.78 is 5.35. The number of anilines is 1. The Morgan fingerprint density at radius 3 is 2.84 bits per heavy atom. The second kappa shape index (κ2) is 6.55. The highest BCUT2D eigenvalue weighted by molar-refractivity contribution is 5.62. The SMILES string of the molecule is Cc1cccc(C#N)c1NC(C)CN1CCOCC1. The quantitative estimate of drug-likeness (QED) is 0.898. The zero-order valence-electron chi connectivity index (χ0n) is 11.6. The number of hydrogen-bond donors (Lipinski definition) is 1. The van der Waals surface area contributed by atoms with Crippen LogP contribution in [0.2, 0.25) is 0 Å². The van der Waals surface area contributed by atoms with Gasteiger partial charge in [0.05, 0.1) is 24.5 Å². The molecule has 19 heavy (non-hydrogen) atoms. The van der Waals surface area contributed by atoms with Crippen molar-refractivity contribution in [3.63, 3.8) is 0 Å². The molecule has 1 aliphatic heterocycles. The summed E-state index contributed by atoms with van der Waals surface area (Å²) in [5, 5.41) is 12.6. The number of aryl methyl sites for hydroxylation is 1. The minimum atomic E-state index is 0.311. The molecule has 4 heteroatoms. The van der Waals surface area contributed by atoms with Crippen LogP contribution in [0.3, 0.4) is 0 Å². The van der Waals surface area contributed by atoms with Gasteiger partial charge in [-0.1, -0.05) is 12.1 Å². The van der Waals surface area contributed by atoms with Crippen LogP contribution < -0.4 is 5.32 Å². The maximum atomic E-state index is 9.16. The maximum Gasteiger partial charge on any atom is 0.101 e. The molecule has 1 aromatic carbocycles. The third kappa shape index (κ3) is 3.69. The van der Waals surface area contributed by atoms with Gasteiger partial charge >= 0.3 is 0 Å². The highest BCUT2D eigenvalue weighted by atomic mass is 16.5. The Morgan fingerprint density at radius 1 is 1.42 bits per heavy atom. The highest BCUT2D eigenvalue weighted by Crippen LogP contribution is 2.20. The summed E-state index contributed by atoms with van der Waals surface area (Å²) >= 11 is 0. The van der Waals surface area contributed by atoms with Crippen molar-refractivity contribution >= 4 is 5.69 Å². The highest BCUT2D eigenvalue weighted by Gasteiger charge is 2.15. The fourth-order valence-corrected chi connectivity index (χ4v) is 2.42. The topological polar surface area (TPSA) is 48.3 Å². The first-order chi connectivity index (χ1) is 9.20. The predicted octanol–water partition coefficient (Wildman–Crippen LogP) is 2.00. The van der Waals surface area contributed by atoms with E-state index in [1.807, 2.05) is 25.1 Å². The number of hydrogen-bond acceptors (Lipinski definition) is 4. The average Bonchev–Trinajstić information content (AvgIpc) is 2.42. The average molecular weight is 259 g/mol. The Bertz CT molecular complexity index is 461. The zero-order valence-corrected chi connectivity index (χ0v) is 11.6. The molecule has 1 aliphatic rings. The van der Waals surface area contributed by atoms with E-state index in [4.69, 9.17) is 10.00 Å². The molecule has 0 aliphatic carbocycles. The van der Waals surface area contributed by atoms with Crippen LogP contribution in [0.5, 0.6) is 0 Å². The molecule has 0 bridgehead atoms. The third-order valence-electron chi connectivity index (χ3n) is 3.42. The Labute approximate surface area is 115 Å². The van der Waals surface area contributed by atoms with E-state index in [-0.39, 0.29) is 0 Å². The lowest BCUT2D eigenvalue weighted by Gasteiger charge is -2.30. The number of rotatable bonds is 4. The molecule has 1 unspecified atom stereocenters.